The summed E-state index contributed by atoms with van der Waals surface area (Å²) in [5.41, 5.74) is 0. The molecule has 0 saturated carbocycles. The summed E-state index contributed by atoms with van der Waals surface area (Å²) in [6.45, 7) is 0. The first-order valence-corrected chi connectivity index (χ1v) is 1.94. The molecule has 4 nitrogen and oxygen atoms in total. The Morgan fingerprint density at radius 1 is 1.43 bits per heavy atom. The minimum Gasteiger partial charge on any atom is -1.00 e. The maximum absolute atomic E-state index is 8.52. The van der Waals surface area contributed by atoms with Gasteiger partial charge in [0.25, 0.3) is 10.8 Å². The van der Waals surface area contributed by atoms with Gasteiger partial charge in [0.05, 0.1) is 11.9 Å². The van der Waals surface area contributed by atoms with Crippen molar-refractivity contribution in [2.45, 2.75) is 0 Å². The molecule has 0 aliphatic rings. The standard InChI is InChI=1S/ClHO3.ClHO.Na.H/c2-1(3)4;1-2;;/h2H;2H;;/q;;+1;-1. The first-order chi connectivity index (χ1) is 2.73. The van der Waals surface area contributed by atoms with Gasteiger partial charge in [-0.15, -0.1) is 0 Å². The van der Waals surface area contributed by atoms with Crippen LogP contribution in [0.2, 0.25) is 0 Å². The minimum absolute atomic E-state index is 0. The van der Waals surface area contributed by atoms with Crippen LogP contribution in [0, 0.1) is 10.8 Å². The molecule has 0 saturated heterocycles. The normalized spacial score (nSPS) is 6.00. The van der Waals surface area contributed by atoms with Crippen molar-refractivity contribution in [3.8, 4) is 0 Å². The zero-order valence-electron chi connectivity index (χ0n) is 4.47. The van der Waals surface area contributed by atoms with Crippen molar-refractivity contribution >= 4 is 11.9 Å². The Balaban J connectivity index is -0.0000000183. The molecular formula is H3Cl2NaO4. The zero-order valence-corrected chi connectivity index (χ0v) is 6.98. The zero-order chi connectivity index (χ0) is 5.58. The van der Waals surface area contributed by atoms with Gasteiger partial charge < -0.3 is 10.7 Å². The van der Waals surface area contributed by atoms with Crippen molar-refractivity contribution in [2.75, 3.05) is 0 Å². The van der Waals surface area contributed by atoms with Gasteiger partial charge >= 0.3 is 29.6 Å². The molecule has 42 valence electrons. The molecule has 0 aromatic rings. The molecule has 7 heteroatoms. The van der Waals surface area contributed by atoms with Crippen LogP contribution in [0.5, 0.6) is 0 Å². The molecule has 0 unspecified atom stereocenters. The first-order valence-electron chi connectivity index (χ1n) is 0.647. The number of hydrogen-bond acceptors (Lipinski definition) is 4. The van der Waals surface area contributed by atoms with Gasteiger partial charge in [-0.3, -0.25) is 4.66 Å². The third kappa shape index (κ3) is 108. The van der Waals surface area contributed by atoms with Crippen molar-refractivity contribution in [1.29, 1.82) is 0 Å². The van der Waals surface area contributed by atoms with Crippen LogP contribution >= 0.6 is 11.9 Å². The van der Waals surface area contributed by atoms with Crippen LogP contribution in [-0.4, -0.2) is 9.32 Å². The molecule has 0 fully saturated rings. The molecule has 0 aliphatic heterocycles. The van der Waals surface area contributed by atoms with Gasteiger partial charge in [-0.1, -0.05) is 0 Å². The van der Waals surface area contributed by atoms with Crippen molar-refractivity contribution in [3.05, 3.63) is 0 Å². The maximum Gasteiger partial charge on any atom is 1.00 e. The summed E-state index contributed by atoms with van der Waals surface area (Å²) in [6.07, 6.45) is 0. The monoisotopic (exact) mass is 160 g/mol. The maximum atomic E-state index is 8.52. The molecule has 7 heavy (non-hydrogen) atoms. The minimum atomic E-state index is -2.60. The third-order valence-corrected chi connectivity index (χ3v) is 0. The molecular weight excluding hydrogens is 158 g/mol. The van der Waals surface area contributed by atoms with Crippen LogP contribution in [0.25, 0.3) is 0 Å². The Morgan fingerprint density at radius 3 is 1.43 bits per heavy atom. The van der Waals surface area contributed by atoms with Crippen LogP contribution in [0.15, 0.2) is 0 Å². The van der Waals surface area contributed by atoms with E-state index in [0.29, 0.717) is 0 Å². The Hall–Kier alpha value is 1.42. The van der Waals surface area contributed by atoms with E-state index in [4.69, 9.17) is 18.6 Å². The van der Waals surface area contributed by atoms with Crippen LogP contribution in [0.3, 0.4) is 0 Å². The van der Waals surface area contributed by atoms with E-state index in [-0.39, 0.29) is 31.0 Å². The Bertz CT molecular complexity index is 18.8. The van der Waals surface area contributed by atoms with E-state index in [1.165, 1.54) is 0 Å². The van der Waals surface area contributed by atoms with E-state index in [0.717, 1.165) is 0 Å². The fraction of sp³-hybridized carbons (Fsp3) is 0. The van der Waals surface area contributed by atoms with E-state index in [2.05, 4.69) is 11.9 Å². The van der Waals surface area contributed by atoms with Gasteiger partial charge in [-0.2, -0.15) is 0 Å². The molecule has 0 aromatic carbocycles. The van der Waals surface area contributed by atoms with E-state index in [1.807, 2.05) is 0 Å². The second-order valence-electron chi connectivity index (χ2n) is 0.201. The van der Waals surface area contributed by atoms with Gasteiger partial charge in [0.2, 0.25) is 0 Å². The summed E-state index contributed by atoms with van der Waals surface area (Å²) >= 11 is 3.64. The molecule has 2 N–H and O–H groups in total. The molecule has 0 radical (unpaired) electrons. The van der Waals surface area contributed by atoms with Crippen molar-refractivity contribution in [3.63, 3.8) is 0 Å². The van der Waals surface area contributed by atoms with Crippen LogP contribution in [0.4, 0.5) is 0 Å². The van der Waals surface area contributed by atoms with Gasteiger partial charge in [-0.25, -0.2) is 0 Å². The van der Waals surface area contributed by atoms with E-state index >= 15 is 0 Å². The summed E-state index contributed by atoms with van der Waals surface area (Å²) in [5.74, 6) is 0. The molecule has 0 spiro atoms. The third-order valence-electron chi connectivity index (χ3n) is 0. The second kappa shape index (κ2) is 15.7. The summed E-state index contributed by atoms with van der Waals surface area (Å²) in [5, 5.41) is 0. The first kappa shape index (κ1) is 15.8. The van der Waals surface area contributed by atoms with Crippen LogP contribution in [-0.2, 0) is 0 Å². The van der Waals surface area contributed by atoms with E-state index in [9.17, 15) is 0 Å². The fourth-order valence-electron chi connectivity index (χ4n) is 0. The van der Waals surface area contributed by atoms with Gasteiger partial charge in [0.15, 0.2) is 0 Å². The van der Waals surface area contributed by atoms with Crippen molar-refractivity contribution in [2.24, 2.45) is 0 Å². The van der Waals surface area contributed by atoms with Gasteiger partial charge in [0.1, 0.15) is 0 Å². The largest absolute Gasteiger partial charge is 1.00 e. The summed E-state index contributed by atoms with van der Waals surface area (Å²) in [7, 11) is -2.60. The van der Waals surface area contributed by atoms with E-state index in [1.54, 1.807) is 0 Å². The molecule has 0 rings (SSSR count). The molecule has 0 aromatic heterocycles. The Morgan fingerprint density at radius 2 is 1.43 bits per heavy atom. The summed E-state index contributed by atoms with van der Waals surface area (Å²) < 4.78 is 30.4. The average Bonchev–Trinajstić information content (AvgIpc) is 1.41. The molecule has 0 aliphatic carbocycles. The number of hydrogen-bond donors (Lipinski definition) is 2. The van der Waals surface area contributed by atoms with E-state index < -0.39 is 10.8 Å². The molecule has 0 heterocycles. The molecule has 0 atom stereocenters. The Labute approximate surface area is 72.1 Å². The van der Waals surface area contributed by atoms with Gasteiger partial charge in [0, 0.05) is 4.66 Å². The molecule has 0 bridgehead atoms. The predicted octanol–water partition coefficient (Wildman–Crippen LogP) is -5.69. The number of rotatable bonds is 0. The average molecular weight is 161 g/mol. The SMILES string of the molecule is OCl.[H-].[Na+].[O-][Cl+2]([O-])O. The van der Waals surface area contributed by atoms with Gasteiger partial charge in [-0.05, 0) is 0 Å². The predicted molar refractivity (Wildman–Crippen MR) is 11.4 cm³/mol. The smallest absolute Gasteiger partial charge is 1.00 e. The Kier molecular flexibility index (Phi) is 35.3. The topological polar surface area (TPSA) is 86.6 Å². The van der Waals surface area contributed by atoms with Crippen LogP contribution in [0.1, 0.15) is 1.43 Å². The number of halogens is 2. The summed E-state index contributed by atoms with van der Waals surface area (Å²) in [6, 6.07) is 0. The molecule has 0 amide bonds. The van der Waals surface area contributed by atoms with Crippen molar-refractivity contribution < 1.29 is 60.4 Å². The second-order valence-corrected chi connectivity index (χ2v) is 0.603. The summed E-state index contributed by atoms with van der Waals surface area (Å²) in [4.78, 5) is 0. The quantitative estimate of drug-likeness (QED) is 0.346. The van der Waals surface area contributed by atoms with Crippen molar-refractivity contribution in [1.82, 2.24) is 0 Å². The fourth-order valence-corrected chi connectivity index (χ4v) is 0. The van der Waals surface area contributed by atoms with Crippen LogP contribution < -0.4 is 38.9 Å².